The molecule has 5 aromatic rings. The first kappa shape index (κ1) is 29.3. The minimum Gasteiger partial charge on any atom is -0.465 e. The Balaban J connectivity index is 1.57. The van der Waals surface area contributed by atoms with Gasteiger partial charge in [0, 0.05) is 31.4 Å². The average Bonchev–Trinajstić information content (AvgIpc) is 3.66. The molecule has 230 valence electrons. The third-order valence-corrected chi connectivity index (χ3v) is 7.49. The second kappa shape index (κ2) is 11.1. The van der Waals surface area contributed by atoms with Crippen LogP contribution in [-0.4, -0.2) is 65.5 Å². The van der Waals surface area contributed by atoms with Gasteiger partial charge >= 0.3 is 12.1 Å². The Morgan fingerprint density at radius 3 is 2.61 bits per heavy atom. The molecule has 44 heavy (non-hydrogen) atoms. The van der Waals surface area contributed by atoms with Crippen LogP contribution in [0, 0.1) is 13.8 Å². The van der Waals surface area contributed by atoms with Crippen LogP contribution in [0.5, 0.6) is 0 Å². The Hall–Kier alpha value is -4.78. The van der Waals surface area contributed by atoms with E-state index in [1.807, 2.05) is 34.5 Å². The highest BCUT2D eigenvalue weighted by molar-refractivity contribution is 6.10. The van der Waals surface area contributed by atoms with E-state index in [0.717, 1.165) is 41.4 Å². The predicted octanol–water partition coefficient (Wildman–Crippen LogP) is 5.62. The number of fused-ring (bicyclic) bond motifs is 2. The van der Waals surface area contributed by atoms with Crippen LogP contribution in [0.2, 0.25) is 0 Å². The standard InChI is InChI=1S/C31H36N8O5/c1-17-11-12-22-19(14-32-39(22)23-10-8-9-13-43-23)26(17)38-16-20(29(40)42-7)24-25(33-18(2)34-28(24)38)21-15-37(6)36-27(21)35-30(41)44-31(3,4)5/h11-12,14-16,23H,8-10,13H2,1-7H3,(H,35,36,41). The van der Waals surface area contributed by atoms with Gasteiger partial charge in [0.2, 0.25) is 0 Å². The zero-order chi connectivity index (χ0) is 31.3. The fraction of sp³-hybridized carbons (Fsp3) is 0.419. The van der Waals surface area contributed by atoms with E-state index in [1.54, 1.807) is 51.8 Å². The molecule has 0 aliphatic carbocycles. The maximum Gasteiger partial charge on any atom is 0.413 e. The van der Waals surface area contributed by atoms with Gasteiger partial charge in [0.25, 0.3) is 0 Å². The summed E-state index contributed by atoms with van der Waals surface area (Å²) in [6.07, 6.45) is 7.49. The Labute approximate surface area is 254 Å². The predicted molar refractivity (Wildman–Crippen MR) is 164 cm³/mol. The minimum absolute atomic E-state index is 0.138. The van der Waals surface area contributed by atoms with Crippen molar-refractivity contribution in [3.63, 3.8) is 0 Å². The normalized spacial score (nSPS) is 15.6. The summed E-state index contributed by atoms with van der Waals surface area (Å²) in [5.41, 5.74) is 3.68. The molecule has 1 fully saturated rings. The molecule has 1 aliphatic heterocycles. The summed E-state index contributed by atoms with van der Waals surface area (Å²) >= 11 is 0. The molecule has 0 spiro atoms. The molecule has 1 atom stereocenters. The van der Waals surface area contributed by atoms with Gasteiger partial charge in [-0.3, -0.25) is 14.6 Å². The van der Waals surface area contributed by atoms with Gasteiger partial charge < -0.3 is 14.2 Å². The fourth-order valence-corrected chi connectivity index (χ4v) is 5.70. The number of benzene rings is 1. The minimum atomic E-state index is -0.705. The van der Waals surface area contributed by atoms with Crippen molar-refractivity contribution in [3.8, 4) is 16.9 Å². The number of hydrogen-bond acceptors (Lipinski definition) is 9. The first-order chi connectivity index (χ1) is 20.9. The number of anilines is 1. The molecule has 1 saturated heterocycles. The molecule has 0 bridgehead atoms. The summed E-state index contributed by atoms with van der Waals surface area (Å²) in [5, 5.41) is 13.3. The monoisotopic (exact) mass is 600 g/mol. The van der Waals surface area contributed by atoms with Crippen LogP contribution in [0.3, 0.4) is 0 Å². The smallest absolute Gasteiger partial charge is 0.413 e. The van der Waals surface area contributed by atoms with E-state index in [-0.39, 0.29) is 17.6 Å². The van der Waals surface area contributed by atoms with E-state index in [1.165, 1.54) is 7.11 Å². The number of carbonyl (C=O) groups excluding carboxylic acids is 2. The lowest BCUT2D eigenvalue weighted by molar-refractivity contribution is -0.0366. The third-order valence-electron chi connectivity index (χ3n) is 7.49. The number of nitrogens with one attached hydrogen (secondary N) is 1. The lowest BCUT2D eigenvalue weighted by Gasteiger charge is -2.23. The van der Waals surface area contributed by atoms with E-state index < -0.39 is 17.7 Å². The van der Waals surface area contributed by atoms with Gasteiger partial charge in [-0.05, 0) is 65.5 Å². The van der Waals surface area contributed by atoms with Crippen LogP contribution >= 0.6 is 0 Å². The van der Waals surface area contributed by atoms with Crippen molar-refractivity contribution in [1.29, 1.82) is 0 Å². The van der Waals surface area contributed by atoms with Crippen molar-refractivity contribution in [2.45, 2.75) is 65.7 Å². The number of aryl methyl sites for hydroxylation is 3. The number of amides is 1. The van der Waals surface area contributed by atoms with Crippen molar-refractivity contribution in [2.24, 2.45) is 7.05 Å². The number of hydrogen-bond donors (Lipinski definition) is 1. The third kappa shape index (κ3) is 5.27. The summed E-state index contributed by atoms with van der Waals surface area (Å²) in [6.45, 7) is 9.83. The highest BCUT2D eigenvalue weighted by Crippen LogP contribution is 2.38. The lowest BCUT2D eigenvalue weighted by atomic mass is 10.1. The second-order valence-electron chi connectivity index (χ2n) is 12.0. The van der Waals surface area contributed by atoms with E-state index in [4.69, 9.17) is 29.3 Å². The van der Waals surface area contributed by atoms with Gasteiger partial charge in [0.15, 0.2) is 12.0 Å². The van der Waals surface area contributed by atoms with Crippen molar-refractivity contribution in [3.05, 3.63) is 47.7 Å². The number of rotatable bonds is 5. The van der Waals surface area contributed by atoms with E-state index in [2.05, 4.69) is 10.4 Å². The Kier molecular flexibility index (Phi) is 7.36. The van der Waals surface area contributed by atoms with Crippen molar-refractivity contribution >= 4 is 39.8 Å². The molecule has 13 nitrogen and oxygen atoms in total. The zero-order valence-corrected chi connectivity index (χ0v) is 26.0. The Bertz CT molecular complexity index is 1910. The number of methoxy groups -OCH3 is 1. The quantitative estimate of drug-likeness (QED) is 0.255. The van der Waals surface area contributed by atoms with Crippen LogP contribution in [0.4, 0.5) is 10.6 Å². The van der Waals surface area contributed by atoms with Crippen molar-refractivity contribution < 1.29 is 23.8 Å². The molecule has 1 aliphatic rings. The van der Waals surface area contributed by atoms with Gasteiger partial charge in [-0.25, -0.2) is 24.2 Å². The summed E-state index contributed by atoms with van der Waals surface area (Å²) in [5.74, 6) is 0.146. The number of aromatic nitrogens is 7. The topological polar surface area (TPSA) is 140 Å². The van der Waals surface area contributed by atoms with Crippen LogP contribution in [0.15, 0.2) is 30.7 Å². The number of nitrogens with zero attached hydrogens (tertiary/aromatic N) is 7. The molecule has 4 aromatic heterocycles. The average molecular weight is 601 g/mol. The van der Waals surface area contributed by atoms with Crippen LogP contribution in [-0.2, 0) is 21.3 Å². The summed E-state index contributed by atoms with van der Waals surface area (Å²) in [7, 11) is 3.07. The molecule has 1 unspecified atom stereocenters. The van der Waals surface area contributed by atoms with E-state index >= 15 is 0 Å². The number of ether oxygens (including phenoxy) is 3. The molecule has 5 heterocycles. The molecule has 13 heteroatoms. The lowest BCUT2D eigenvalue weighted by Crippen LogP contribution is -2.27. The van der Waals surface area contributed by atoms with Crippen LogP contribution in [0.25, 0.3) is 38.9 Å². The zero-order valence-electron chi connectivity index (χ0n) is 26.0. The summed E-state index contributed by atoms with van der Waals surface area (Å²) in [4.78, 5) is 35.6. The van der Waals surface area contributed by atoms with Crippen LogP contribution in [0.1, 0.15) is 68.0 Å². The van der Waals surface area contributed by atoms with Crippen molar-refractivity contribution in [1.82, 2.24) is 34.1 Å². The van der Waals surface area contributed by atoms with Crippen molar-refractivity contribution in [2.75, 3.05) is 19.0 Å². The molecular formula is C31H36N8O5. The molecule has 1 N–H and O–H groups in total. The van der Waals surface area contributed by atoms with Crippen LogP contribution < -0.4 is 5.32 Å². The number of carbonyl (C=O) groups is 2. The van der Waals surface area contributed by atoms with Gasteiger partial charge in [-0.2, -0.15) is 10.2 Å². The maximum absolute atomic E-state index is 13.3. The highest BCUT2D eigenvalue weighted by Gasteiger charge is 2.28. The van der Waals surface area contributed by atoms with Gasteiger partial charge in [-0.1, -0.05) is 6.07 Å². The molecular weight excluding hydrogens is 564 g/mol. The van der Waals surface area contributed by atoms with E-state index in [0.29, 0.717) is 34.7 Å². The fourth-order valence-electron chi connectivity index (χ4n) is 5.70. The first-order valence-corrected chi connectivity index (χ1v) is 14.6. The van der Waals surface area contributed by atoms with Gasteiger partial charge in [0.1, 0.15) is 17.1 Å². The summed E-state index contributed by atoms with van der Waals surface area (Å²) < 4.78 is 22.1. The van der Waals surface area contributed by atoms with Gasteiger partial charge in [0.05, 0.1) is 46.7 Å². The summed E-state index contributed by atoms with van der Waals surface area (Å²) in [6, 6.07) is 4.07. The second-order valence-corrected chi connectivity index (χ2v) is 12.0. The van der Waals surface area contributed by atoms with Gasteiger partial charge in [-0.15, -0.1) is 0 Å². The largest absolute Gasteiger partial charge is 0.465 e. The first-order valence-electron chi connectivity index (χ1n) is 14.6. The molecule has 1 aromatic carbocycles. The molecule has 0 radical (unpaired) electrons. The maximum atomic E-state index is 13.3. The molecule has 1 amide bonds. The SMILES string of the molecule is COC(=O)c1cn(-c2c(C)ccc3c2cnn3C2CCCCO2)c2nc(C)nc(-c3cn(C)nc3NC(=O)OC(C)(C)C)c12. The highest BCUT2D eigenvalue weighted by atomic mass is 16.6. The Morgan fingerprint density at radius 1 is 1.11 bits per heavy atom. The number of esters is 1. The Morgan fingerprint density at radius 2 is 1.91 bits per heavy atom. The molecule has 6 rings (SSSR count). The van der Waals surface area contributed by atoms with E-state index in [9.17, 15) is 9.59 Å². The molecule has 0 saturated carbocycles.